The lowest BCUT2D eigenvalue weighted by molar-refractivity contribution is 1.58. The Morgan fingerprint density at radius 1 is 0.143 bits per heavy atom. The van der Waals surface area contributed by atoms with Crippen LogP contribution in [0.15, 0.2) is 279 Å². The highest BCUT2D eigenvalue weighted by Gasteiger charge is 2.19. The van der Waals surface area contributed by atoms with Crippen molar-refractivity contribution in [2.24, 2.45) is 0 Å². The number of hydrogen-bond acceptors (Lipinski definition) is 0. The SMILES string of the molecule is c1ccc(-c2c(-c3cccc(-c4cccc(-c5c6ccccc6c(-c6cccc(-c7cccc(-c8ccc9ccccc9c8-c8ccccc8)c7)c6)c6ccccc56)c4)c3)ccc3ccccc23)cc1. The predicted molar refractivity (Wildman–Crippen MR) is 300 cm³/mol. The molecule has 70 heavy (non-hydrogen) atoms. The van der Waals surface area contributed by atoms with Crippen LogP contribution >= 0.6 is 0 Å². The van der Waals surface area contributed by atoms with Crippen LogP contribution in [-0.2, 0) is 0 Å². The van der Waals surface area contributed by atoms with Gasteiger partial charge in [-0.3, -0.25) is 0 Å². The van der Waals surface area contributed by atoms with Gasteiger partial charge in [0.15, 0.2) is 0 Å². The molecular weight excluding hydrogens is 841 g/mol. The molecule has 0 saturated heterocycles. The smallest absolute Gasteiger partial charge is 0.00262 e. The maximum absolute atomic E-state index is 2.39. The Hall–Kier alpha value is -9.10. The van der Waals surface area contributed by atoms with Gasteiger partial charge in [-0.05, 0) is 156 Å². The Labute approximate surface area is 409 Å². The van der Waals surface area contributed by atoms with Crippen molar-refractivity contribution >= 4 is 43.1 Å². The lowest BCUT2D eigenvalue weighted by atomic mass is 9.84. The average molecular weight is 887 g/mol. The summed E-state index contributed by atoms with van der Waals surface area (Å²) in [7, 11) is 0. The molecular formula is C70H46. The first kappa shape index (κ1) is 41.1. The highest BCUT2D eigenvalue weighted by atomic mass is 14.2. The van der Waals surface area contributed by atoms with Crippen LogP contribution in [0.25, 0.3) is 132 Å². The molecule has 0 amide bonds. The third kappa shape index (κ3) is 7.26. The molecule has 0 fully saturated rings. The predicted octanol–water partition coefficient (Wildman–Crippen LogP) is 19.6. The molecule has 13 aromatic carbocycles. The van der Waals surface area contributed by atoms with Gasteiger partial charge in [0.2, 0.25) is 0 Å². The highest BCUT2D eigenvalue weighted by Crippen LogP contribution is 2.46. The van der Waals surface area contributed by atoms with Gasteiger partial charge in [0.05, 0.1) is 0 Å². The van der Waals surface area contributed by atoms with Crippen molar-refractivity contribution in [1.82, 2.24) is 0 Å². The van der Waals surface area contributed by atoms with Crippen molar-refractivity contribution in [2.45, 2.75) is 0 Å². The van der Waals surface area contributed by atoms with Crippen molar-refractivity contribution in [1.29, 1.82) is 0 Å². The second-order valence-corrected chi connectivity index (χ2v) is 18.3. The van der Waals surface area contributed by atoms with Crippen molar-refractivity contribution in [3.63, 3.8) is 0 Å². The first-order chi connectivity index (χ1) is 34.7. The lowest BCUT2D eigenvalue weighted by Gasteiger charge is -2.19. The second-order valence-electron chi connectivity index (χ2n) is 18.3. The Morgan fingerprint density at radius 3 is 0.786 bits per heavy atom. The summed E-state index contributed by atoms with van der Waals surface area (Å²) in [6, 6.07) is 103. The summed E-state index contributed by atoms with van der Waals surface area (Å²) < 4.78 is 0. The second kappa shape index (κ2) is 17.5. The zero-order chi connectivity index (χ0) is 46.4. The molecule has 0 unspecified atom stereocenters. The Balaban J connectivity index is 0.913. The molecule has 0 radical (unpaired) electrons. The summed E-state index contributed by atoms with van der Waals surface area (Å²) in [4.78, 5) is 0. The van der Waals surface area contributed by atoms with Gasteiger partial charge in [-0.15, -0.1) is 0 Å². The van der Waals surface area contributed by atoms with E-state index in [-0.39, 0.29) is 0 Å². The molecule has 0 N–H and O–H groups in total. The van der Waals surface area contributed by atoms with E-state index in [1.54, 1.807) is 0 Å². The van der Waals surface area contributed by atoms with Crippen LogP contribution in [0.1, 0.15) is 0 Å². The van der Waals surface area contributed by atoms with E-state index >= 15 is 0 Å². The highest BCUT2D eigenvalue weighted by molar-refractivity contribution is 6.21. The largest absolute Gasteiger partial charge is 0.0622 e. The van der Waals surface area contributed by atoms with Crippen molar-refractivity contribution < 1.29 is 0 Å². The summed E-state index contributed by atoms with van der Waals surface area (Å²) in [5, 5.41) is 9.96. The van der Waals surface area contributed by atoms with Crippen LogP contribution in [-0.4, -0.2) is 0 Å². The average Bonchev–Trinajstić information content (AvgIpc) is 3.44. The van der Waals surface area contributed by atoms with E-state index in [0.717, 1.165) is 0 Å². The summed E-state index contributed by atoms with van der Waals surface area (Å²) in [6.45, 7) is 0. The molecule has 0 aliphatic rings. The molecule has 0 nitrogen and oxygen atoms in total. The Morgan fingerprint density at radius 2 is 0.414 bits per heavy atom. The molecule has 0 heteroatoms. The lowest BCUT2D eigenvalue weighted by Crippen LogP contribution is -1.92. The molecule has 13 rings (SSSR count). The van der Waals surface area contributed by atoms with Gasteiger partial charge < -0.3 is 0 Å². The van der Waals surface area contributed by atoms with Crippen molar-refractivity contribution in [3.8, 4) is 89.0 Å². The van der Waals surface area contributed by atoms with Crippen LogP contribution in [0.2, 0.25) is 0 Å². The minimum absolute atomic E-state index is 1.19. The van der Waals surface area contributed by atoms with E-state index < -0.39 is 0 Å². The summed E-state index contributed by atoms with van der Waals surface area (Å²) in [6.07, 6.45) is 0. The van der Waals surface area contributed by atoms with Crippen LogP contribution in [0, 0.1) is 0 Å². The Kier molecular flexibility index (Phi) is 10.3. The fourth-order valence-electron chi connectivity index (χ4n) is 11.0. The monoisotopic (exact) mass is 886 g/mol. The number of rotatable bonds is 8. The molecule has 0 bridgehead atoms. The maximum Gasteiger partial charge on any atom is -0.00262 e. The van der Waals surface area contributed by atoms with E-state index in [2.05, 4.69) is 279 Å². The zero-order valence-electron chi connectivity index (χ0n) is 38.6. The van der Waals surface area contributed by atoms with E-state index in [0.29, 0.717) is 0 Å². The summed E-state index contributed by atoms with van der Waals surface area (Å²) in [5.41, 5.74) is 19.5. The maximum atomic E-state index is 2.39. The van der Waals surface area contributed by atoms with E-state index in [1.165, 1.54) is 132 Å². The normalized spacial score (nSPS) is 11.4. The topological polar surface area (TPSA) is 0 Å². The molecule has 0 atom stereocenters. The zero-order valence-corrected chi connectivity index (χ0v) is 38.6. The van der Waals surface area contributed by atoms with Crippen molar-refractivity contribution in [2.75, 3.05) is 0 Å². The first-order valence-electron chi connectivity index (χ1n) is 24.2. The van der Waals surface area contributed by atoms with E-state index in [9.17, 15) is 0 Å². The molecule has 13 aromatic rings. The van der Waals surface area contributed by atoms with E-state index in [1.807, 2.05) is 0 Å². The third-order valence-electron chi connectivity index (χ3n) is 14.2. The van der Waals surface area contributed by atoms with Gasteiger partial charge in [0.1, 0.15) is 0 Å². The molecule has 0 heterocycles. The molecule has 0 aliphatic carbocycles. The van der Waals surface area contributed by atoms with Crippen LogP contribution in [0.5, 0.6) is 0 Å². The van der Waals surface area contributed by atoms with Crippen LogP contribution in [0.4, 0.5) is 0 Å². The van der Waals surface area contributed by atoms with Gasteiger partial charge in [-0.25, -0.2) is 0 Å². The number of hydrogen-bond donors (Lipinski definition) is 0. The quantitative estimate of drug-likeness (QED) is 0.133. The molecule has 0 aromatic heterocycles. The minimum atomic E-state index is 1.19. The van der Waals surface area contributed by atoms with Gasteiger partial charge in [-0.1, -0.05) is 255 Å². The third-order valence-corrected chi connectivity index (χ3v) is 14.2. The van der Waals surface area contributed by atoms with Crippen molar-refractivity contribution in [3.05, 3.63) is 279 Å². The minimum Gasteiger partial charge on any atom is -0.0622 e. The van der Waals surface area contributed by atoms with Crippen LogP contribution in [0.3, 0.4) is 0 Å². The molecule has 326 valence electrons. The summed E-state index contributed by atoms with van der Waals surface area (Å²) >= 11 is 0. The van der Waals surface area contributed by atoms with Crippen LogP contribution < -0.4 is 0 Å². The van der Waals surface area contributed by atoms with Gasteiger partial charge >= 0.3 is 0 Å². The van der Waals surface area contributed by atoms with E-state index in [4.69, 9.17) is 0 Å². The standard InChI is InChI=1S/C70H46/c1-3-21-49(22-4-1)67-59-33-9-7-19-47(59)39-41-61(67)55-29-15-25-51(43-55)53-27-17-31-57(45-53)69-63-35-11-13-37-65(63)70(66-38-14-12-36-64(66)69)58-32-18-28-54(46-58)52-26-16-30-56(44-52)62-42-40-48-20-8-10-34-60(48)68(62)50-23-5-2-6-24-50/h1-46H. The molecule has 0 aliphatic heterocycles. The van der Waals surface area contributed by atoms with Gasteiger partial charge in [0, 0.05) is 0 Å². The first-order valence-corrected chi connectivity index (χ1v) is 24.2. The molecule has 0 spiro atoms. The van der Waals surface area contributed by atoms with Gasteiger partial charge in [0.25, 0.3) is 0 Å². The fourth-order valence-corrected chi connectivity index (χ4v) is 11.0. The fraction of sp³-hybridized carbons (Fsp3) is 0. The number of fused-ring (bicyclic) bond motifs is 4. The number of benzene rings is 13. The molecule has 0 saturated carbocycles. The Bertz CT molecular complexity index is 3780. The summed E-state index contributed by atoms with van der Waals surface area (Å²) in [5.74, 6) is 0. The van der Waals surface area contributed by atoms with Gasteiger partial charge in [-0.2, -0.15) is 0 Å².